The molecule has 0 saturated heterocycles. The summed E-state index contributed by atoms with van der Waals surface area (Å²) in [6.45, 7) is 7.22. The summed E-state index contributed by atoms with van der Waals surface area (Å²) in [7, 11) is 0. The Morgan fingerprint density at radius 1 is 1.26 bits per heavy atom. The van der Waals surface area contributed by atoms with Gasteiger partial charge in [-0.15, -0.1) is 0 Å². The van der Waals surface area contributed by atoms with Crippen LogP contribution in [-0.2, 0) is 6.54 Å². The van der Waals surface area contributed by atoms with Crippen molar-refractivity contribution in [2.75, 3.05) is 11.9 Å². The minimum absolute atomic E-state index is 0.0208. The van der Waals surface area contributed by atoms with Crippen LogP contribution in [0.4, 0.5) is 5.82 Å². The molecule has 0 fully saturated rings. The maximum Gasteiger partial charge on any atom is 0.328 e. The average molecular weight is 261 g/mol. The van der Waals surface area contributed by atoms with Crippen molar-refractivity contribution in [2.45, 2.75) is 33.4 Å². The van der Waals surface area contributed by atoms with Gasteiger partial charge in [0.15, 0.2) is 0 Å². The van der Waals surface area contributed by atoms with Gasteiger partial charge in [0.2, 0.25) is 0 Å². The van der Waals surface area contributed by atoms with Crippen LogP contribution in [0.15, 0.2) is 29.6 Å². The number of anilines is 1. The molecule has 19 heavy (non-hydrogen) atoms. The minimum Gasteiger partial charge on any atom is -0.369 e. The zero-order chi connectivity index (χ0) is 13.8. The molecule has 0 atom stereocenters. The van der Waals surface area contributed by atoms with Crippen molar-refractivity contribution < 1.29 is 0 Å². The molecule has 2 aromatic heterocycles. The van der Waals surface area contributed by atoms with Gasteiger partial charge in [-0.3, -0.25) is 14.1 Å². The SMILES string of the molecule is CCNc1cnc(Cn2ccn(C(C)C)c2=O)cn1. The highest BCUT2D eigenvalue weighted by molar-refractivity contribution is 5.30. The van der Waals surface area contributed by atoms with Gasteiger partial charge < -0.3 is 5.32 Å². The van der Waals surface area contributed by atoms with Crippen molar-refractivity contribution in [1.29, 1.82) is 0 Å². The summed E-state index contributed by atoms with van der Waals surface area (Å²) in [6, 6.07) is 0.163. The third-order valence-corrected chi connectivity index (χ3v) is 2.83. The maximum absolute atomic E-state index is 12.0. The topological polar surface area (TPSA) is 64.7 Å². The molecule has 0 unspecified atom stereocenters. The largest absolute Gasteiger partial charge is 0.369 e. The fraction of sp³-hybridized carbons (Fsp3) is 0.462. The third-order valence-electron chi connectivity index (χ3n) is 2.83. The smallest absolute Gasteiger partial charge is 0.328 e. The van der Waals surface area contributed by atoms with E-state index in [2.05, 4.69) is 15.3 Å². The van der Waals surface area contributed by atoms with E-state index < -0.39 is 0 Å². The molecule has 0 spiro atoms. The zero-order valence-electron chi connectivity index (χ0n) is 11.5. The minimum atomic E-state index is -0.0208. The molecule has 6 nitrogen and oxygen atoms in total. The Bertz CT molecular complexity index is 582. The molecule has 0 aliphatic carbocycles. The first-order chi connectivity index (χ1) is 9.11. The van der Waals surface area contributed by atoms with E-state index in [1.54, 1.807) is 33.9 Å². The van der Waals surface area contributed by atoms with E-state index in [9.17, 15) is 4.79 Å². The highest BCUT2D eigenvalue weighted by Gasteiger charge is 2.07. The van der Waals surface area contributed by atoms with Crippen molar-refractivity contribution >= 4 is 5.82 Å². The lowest BCUT2D eigenvalue weighted by Gasteiger charge is -2.05. The molecule has 2 aromatic rings. The van der Waals surface area contributed by atoms with Crippen LogP contribution in [0.1, 0.15) is 32.5 Å². The van der Waals surface area contributed by atoms with Gasteiger partial charge in [0.1, 0.15) is 5.82 Å². The van der Waals surface area contributed by atoms with Gasteiger partial charge >= 0.3 is 5.69 Å². The number of nitrogens with one attached hydrogen (secondary N) is 1. The molecule has 0 bridgehead atoms. The first kappa shape index (κ1) is 13.3. The van der Waals surface area contributed by atoms with Crippen molar-refractivity contribution in [1.82, 2.24) is 19.1 Å². The Balaban J connectivity index is 2.15. The van der Waals surface area contributed by atoms with E-state index >= 15 is 0 Å². The van der Waals surface area contributed by atoms with Gasteiger partial charge in [0.05, 0.1) is 24.6 Å². The van der Waals surface area contributed by atoms with Crippen LogP contribution in [0.3, 0.4) is 0 Å². The molecule has 2 heterocycles. The zero-order valence-corrected chi connectivity index (χ0v) is 11.5. The van der Waals surface area contributed by atoms with Crippen molar-refractivity contribution in [3.8, 4) is 0 Å². The number of hydrogen-bond donors (Lipinski definition) is 1. The number of hydrogen-bond acceptors (Lipinski definition) is 4. The van der Waals surface area contributed by atoms with Gasteiger partial charge in [-0.05, 0) is 20.8 Å². The summed E-state index contributed by atoms with van der Waals surface area (Å²) < 4.78 is 3.33. The number of rotatable bonds is 5. The van der Waals surface area contributed by atoms with E-state index in [1.807, 2.05) is 20.8 Å². The molecular weight excluding hydrogens is 242 g/mol. The highest BCUT2D eigenvalue weighted by Crippen LogP contribution is 2.03. The Labute approximate surface area is 112 Å². The van der Waals surface area contributed by atoms with Crippen LogP contribution < -0.4 is 11.0 Å². The van der Waals surface area contributed by atoms with Crippen molar-refractivity contribution in [2.24, 2.45) is 0 Å². The average Bonchev–Trinajstić information content (AvgIpc) is 2.74. The van der Waals surface area contributed by atoms with Crippen LogP contribution in [0, 0.1) is 0 Å². The van der Waals surface area contributed by atoms with E-state index in [1.165, 1.54) is 0 Å². The summed E-state index contributed by atoms with van der Waals surface area (Å²) in [5.41, 5.74) is 0.748. The molecular formula is C13H19N5O. The predicted molar refractivity (Wildman–Crippen MR) is 74.4 cm³/mol. The van der Waals surface area contributed by atoms with Gasteiger partial charge in [-0.1, -0.05) is 0 Å². The van der Waals surface area contributed by atoms with Crippen LogP contribution >= 0.6 is 0 Å². The normalized spacial score (nSPS) is 10.9. The summed E-state index contributed by atoms with van der Waals surface area (Å²) in [5.74, 6) is 0.748. The van der Waals surface area contributed by atoms with Crippen LogP contribution in [0.2, 0.25) is 0 Å². The highest BCUT2D eigenvalue weighted by atomic mass is 16.1. The molecule has 0 aromatic carbocycles. The van der Waals surface area contributed by atoms with E-state index in [0.717, 1.165) is 18.1 Å². The Hall–Kier alpha value is -2.11. The van der Waals surface area contributed by atoms with Gasteiger partial charge in [-0.25, -0.2) is 9.78 Å². The Kier molecular flexibility index (Phi) is 3.99. The van der Waals surface area contributed by atoms with E-state index in [-0.39, 0.29) is 11.7 Å². The molecule has 0 aliphatic heterocycles. The standard InChI is InChI=1S/C13H19N5O/c1-4-14-12-8-15-11(7-16-12)9-17-5-6-18(10(2)3)13(17)19/h5-8,10H,4,9H2,1-3H3,(H,14,16). The van der Waals surface area contributed by atoms with Crippen LogP contribution in [-0.4, -0.2) is 25.6 Å². The summed E-state index contributed by atoms with van der Waals surface area (Å²) >= 11 is 0. The molecule has 1 N–H and O–H groups in total. The summed E-state index contributed by atoms with van der Waals surface area (Å²) in [5, 5.41) is 3.08. The van der Waals surface area contributed by atoms with Crippen LogP contribution in [0.25, 0.3) is 0 Å². The fourth-order valence-corrected chi connectivity index (χ4v) is 1.82. The van der Waals surface area contributed by atoms with E-state index in [4.69, 9.17) is 0 Å². The number of nitrogens with zero attached hydrogens (tertiary/aromatic N) is 4. The number of imidazole rings is 1. The van der Waals surface area contributed by atoms with Crippen molar-refractivity contribution in [3.63, 3.8) is 0 Å². The second-order valence-electron chi connectivity index (χ2n) is 4.63. The first-order valence-electron chi connectivity index (χ1n) is 6.44. The van der Waals surface area contributed by atoms with E-state index in [0.29, 0.717) is 6.54 Å². The van der Waals surface area contributed by atoms with Gasteiger partial charge in [-0.2, -0.15) is 0 Å². The Morgan fingerprint density at radius 3 is 2.58 bits per heavy atom. The second kappa shape index (κ2) is 5.69. The molecule has 0 radical (unpaired) electrons. The van der Waals surface area contributed by atoms with Crippen molar-refractivity contribution in [3.05, 3.63) is 41.0 Å². The quantitative estimate of drug-likeness (QED) is 0.886. The molecule has 0 aliphatic rings. The van der Waals surface area contributed by atoms with Gasteiger partial charge in [0.25, 0.3) is 0 Å². The second-order valence-corrected chi connectivity index (χ2v) is 4.63. The first-order valence-corrected chi connectivity index (χ1v) is 6.44. The lowest BCUT2D eigenvalue weighted by atomic mass is 10.4. The number of aromatic nitrogens is 4. The summed E-state index contributed by atoms with van der Waals surface area (Å²) in [4.78, 5) is 20.6. The molecule has 102 valence electrons. The summed E-state index contributed by atoms with van der Waals surface area (Å²) in [6.07, 6.45) is 6.95. The molecule has 6 heteroatoms. The lowest BCUT2D eigenvalue weighted by molar-refractivity contribution is 0.559. The monoisotopic (exact) mass is 261 g/mol. The third kappa shape index (κ3) is 3.01. The molecule has 0 amide bonds. The molecule has 2 rings (SSSR count). The Morgan fingerprint density at radius 2 is 2.05 bits per heavy atom. The molecule has 0 saturated carbocycles. The van der Waals surface area contributed by atoms with Gasteiger partial charge in [0, 0.05) is 25.0 Å². The predicted octanol–water partition coefficient (Wildman–Crippen LogP) is 1.50. The van der Waals surface area contributed by atoms with Crippen LogP contribution in [0.5, 0.6) is 0 Å². The maximum atomic E-state index is 12.0. The lowest BCUT2D eigenvalue weighted by Crippen LogP contribution is -2.25. The fourth-order valence-electron chi connectivity index (χ4n) is 1.82.